The van der Waals surface area contributed by atoms with E-state index in [4.69, 9.17) is 23.2 Å². The highest BCUT2D eigenvalue weighted by Crippen LogP contribution is 2.39. The molecule has 1 heterocycles. The maximum atomic E-state index is 10.7. The van der Waals surface area contributed by atoms with Gasteiger partial charge >= 0.3 is 0 Å². The molecule has 2 rings (SSSR count). The van der Waals surface area contributed by atoms with Crippen LogP contribution in [-0.2, 0) is 0 Å². The molecule has 0 saturated carbocycles. The zero-order valence-electron chi connectivity index (χ0n) is 12.7. The van der Waals surface area contributed by atoms with Gasteiger partial charge in [0.1, 0.15) is 10.4 Å². The molecule has 0 saturated heterocycles. The molecule has 0 aliphatic rings. The standard InChI is InChI=1S/C17H20Cl2OS/c1-9(2)11-5-6-12(13(7-11)10(3)4)16(20)14-8-15(18)21-17(14)19/h5-10,16,20H,1-4H3. The summed E-state index contributed by atoms with van der Waals surface area (Å²) < 4.78 is 1.15. The lowest BCUT2D eigenvalue weighted by Gasteiger charge is -2.20. The minimum absolute atomic E-state index is 0.334. The first-order valence-electron chi connectivity index (χ1n) is 7.07. The van der Waals surface area contributed by atoms with E-state index in [0.717, 1.165) is 11.1 Å². The molecule has 1 nitrogen and oxygen atoms in total. The van der Waals surface area contributed by atoms with Crippen molar-refractivity contribution in [2.75, 3.05) is 0 Å². The molecule has 0 fully saturated rings. The van der Waals surface area contributed by atoms with Gasteiger partial charge in [-0.1, -0.05) is 69.1 Å². The number of aliphatic hydroxyl groups excluding tert-OH is 1. The van der Waals surface area contributed by atoms with Crippen LogP contribution in [0.1, 0.15) is 67.9 Å². The average Bonchev–Trinajstić information content (AvgIpc) is 2.76. The number of aliphatic hydroxyl groups is 1. The Bertz CT molecular complexity index is 632. The topological polar surface area (TPSA) is 20.2 Å². The van der Waals surface area contributed by atoms with Gasteiger partial charge in [0.15, 0.2) is 0 Å². The van der Waals surface area contributed by atoms with Crippen molar-refractivity contribution < 1.29 is 5.11 Å². The summed E-state index contributed by atoms with van der Waals surface area (Å²) in [5.41, 5.74) is 4.04. The van der Waals surface area contributed by atoms with Gasteiger partial charge in [0.25, 0.3) is 0 Å². The maximum Gasteiger partial charge on any atom is 0.107 e. The molecule has 21 heavy (non-hydrogen) atoms. The summed E-state index contributed by atoms with van der Waals surface area (Å²) in [6.45, 7) is 8.62. The highest BCUT2D eigenvalue weighted by Gasteiger charge is 2.21. The van der Waals surface area contributed by atoms with E-state index in [9.17, 15) is 5.11 Å². The van der Waals surface area contributed by atoms with E-state index < -0.39 is 6.10 Å². The predicted molar refractivity (Wildman–Crippen MR) is 93.0 cm³/mol. The molecule has 0 radical (unpaired) electrons. The summed E-state index contributed by atoms with van der Waals surface area (Å²) in [6.07, 6.45) is -0.736. The van der Waals surface area contributed by atoms with Crippen molar-refractivity contribution in [3.05, 3.63) is 55.2 Å². The first kappa shape index (κ1) is 16.8. The van der Waals surface area contributed by atoms with Gasteiger partial charge in [-0.3, -0.25) is 0 Å². The molecule has 2 aromatic rings. The zero-order valence-corrected chi connectivity index (χ0v) is 15.0. The van der Waals surface area contributed by atoms with Crippen LogP contribution >= 0.6 is 34.5 Å². The number of hydrogen-bond acceptors (Lipinski definition) is 2. The predicted octanol–water partition coefficient (Wildman–Crippen LogP) is 6.38. The lowest BCUT2D eigenvalue weighted by molar-refractivity contribution is 0.219. The molecule has 1 unspecified atom stereocenters. The second kappa shape index (κ2) is 6.70. The van der Waals surface area contributed by atoms with Crippen molar-refractivity contribution in [2.45, 2.75) is 45.6 Å². The molecule has 0 amide bonds. The van der Waals surface area contributed by atoms with Crippen molar-refractivity contribution >= 4 is 34.5 Å². The average molecular weight is 343 g/mol. The van der Waals surface area contributed by atoms with Crippen LogP contribution in [0, 0.1) is 0 Å². The van der Waals surface area contributed by atoms with Crippen LogP contribution in [0.3, 0.4) is 0 Å². The van der Waals surface area contributed by atoms with Crippen LogP contribution < -0.4 is 0 Å². The number of rotatable bonds is 4. The van der Waals surface area contributed by atoms with Gasteiger partial charge in [-0.15, -0.1) is 11.3 Å². The molecule has 114 valence electrons. The smallest absolute Gasteiger partial charge is 0.107 e. The van der Waals surface area contributed by atoms with Gasteiger partial charge in [-0.25, -0.2) is 0 Å². The van der Waals surface area contributed by atoms with Gasteiger partial charge in [-0.2, -0.15) is 0 Å². The minimum Gasteiger partial charge on any atom is -0.384 e. The van der Waals surface area contributed by atoms with Crippen molar-refractivity contribution in [2.24, 2.45) is 0 Å². The minimum atomic E-state index is -0.736. The summed E-state index contributed by atoms with van der Waals surface area (Å²) in [4.78, 5) is 0. The van der Waals surface area contributed by atoms with E-state index in [2.05, 4.69) is 39.8 Å². The molecule has 0 aliphatic heterocycles. The first-order valence-corrected chi connectivity index (χ1v) is 8.65. The number of benzene rings is 1. The number of halogens is 2. The van der Waals surface area contributed by atoms with Crippen LogP contribution in [0.4, 0.5) is 0 Å². The SMILES string of the molecule is CC(C)c1ccc(C(O)c2cc(Cl)sc2Cl)c(C(C)C)c1. The molecule has 1 N–H and O–H groups in total. The monoisotopic (exact) mass is 342 g/mol. The molecular formula is C17H20Cl2OS. The third-order valence-electron chi connectivity index (χ3n) is 3.67. The highest BCUT2D eigenvalue weighted by molar-refractivity contribution is 7.20. The van der Waals surface area contributed by atoms with E-state index in [-0.39, 0.29) is 0 Å². The van der Waals surface area contributed by atoms with E-state index >= 15 is 0 Å². The van der Waals surface area contributed by atoms with Gasteiger partial charge in [-0.05, 0) is 34.6 Å². The lowest BCUT2D eigenvalue weighted by Crippen LogP contribution is -2.06. The normalized spacial score (nSPS) is 13.2. The van der Waals surface area contributed by atoms with Crippen LogP contribution in [0.15, 0.2) is 24.3 Å². The number of thiophene rings is 1. The van der Waals surface area contributed by atoms with Gasteiger partial charge in [0, 0.05) is 5.56 Å². The van der Waals surface area contributed by atoms with Crippen LogP contribution in [0.25, 0.3) is 0 Å². The molecule has 1 aromatic carbocycles. The summed E-state index contributed by atoms with van der Waals surface area (Å²) in [5, 5.41) is 10.7. The molecule has 1 atom stereocenters. The fraction of sp³-hybridized carbons (Fsp3) is 0.412. The van der Waals surface area contributed by atoms with E-state index in [1.807, 2.05) is 6.07 Å². The molecule has 0 spiro atoms. The molecule has 4 heteroatoms. The number of hydrogen-bond donors (Lipinski definition) is 1. The second-order valence-corrected chi connectivity index (χ2v) is 8.17. The Balaban J connectivity index is 2.50. The Morgan fingerprint density at radius 3 is 2.05 bits per heavy atom. The maximum absolute atomic E-state index is 10.7. The lowest BCUT2D eigenvalue weighted by atomic mass is 9.88. The van der Waals surface area contributed by atoms with E-state index in [1.54, 1.807) is 6.07 Å². The Kier molecular flexibility index (Phi) is 5.37. The van der Waals surface area contributed by atoms with Crippen LogP contribution in [0.5, 0.6) is 0 Å². The van der Waals surface area contributed by atoms with E-state index in [1.165, 1.54) is 16.9 Å². The molecule has 0 bridgehead atoms. The second-order valence-electron chi connectivity index (χ2n) is 5.88. The Hall–Kier alpha value is -0.540. The molecule has 1 aromatic heterocycles. The molecule has 0 aliphatic carbocycles. The Morgan fingerprint density at radius 1 is 0.905 bits per heavy atom. The van der Waals surface area contributed by atoms with Crippen molar-refractivity contribution in [1.82, 2.24) is 0 Å². The van der Waals surface area contributed by atoms with E-state index in [0.29, 0.717) is 26.1 Å². The zero-order chi connectivity index (χ0) is 15.7. The van der Waals surface area contributed by atoms with Crippen LogP contribution in [-0.4, -0.2) is 5.11 Å². The summed E-state index contributed by atoms with van der Waals surface area (Å²) in [7, 11) is 0. The van der Waals surface area contributed by atoms with Crippen molar-refractivity contribution in [3.8, 4) is 0 Å². The van der Waals surface area contributed by atoms with Gasteiger partial charge in [0.2, 0.25) is 0 Å². The highest BCUT2D eigenvalue weighted by atomic mass is 35.5. The first-order chi connectivity index (χ1) is 9.81. The largest absolute Gasteiger partial charge is 0.384 e. The van der Waals surface area contributed by atoms with Crippen molar-refractivity contribution in [1.29, 1.82) is 0 Å². The third-order valence-corrected chi connectivity index (χ3v) is 5.19. The Morgan fingerprint density at radius 2 is 1.57 bits per heavy atom. The van der Waals surface area contributed by atoms with Crippen molar-refractivity contribution in [3.63, 3.8) is 0 Å². The van der Waals surface area contributed by atoms with Crippen LogP contribution in [0.2, 0.25) is 8.67 Å². The summed E-state index contributed by atoms with van der Waals surface area (Å²) in [5.74, 6) is 0.800. The van der Waals surface area contributed by atoms with Gasteiger partial charge in [0.05, 0.1) is 4.34 Å². The summed E-state index contributed by atoms with van der Waals surface area (Å²) in [6, 6.07) is 8.03. The molecular weight excluding hydrogens is 323 g/mol. The fourth-order valence-corrected chi connectivity index (χ4v) is 3.93. The third kappa shape index (κ3) is 3.62. The quantitative estimate of drug-likeness (QED) is 0.682. The Labute approximate surface area is 140 Å². The van der Waals surface area contributed by atoms with Gasteiger partial charge < -0.3 is 5.11 Å². The summed E-state index contributed by atoms with van der Waals surface area (Å²) >= 11 is 13.5. The fourth-order valence-electron chi connectivity index (χ4n) is 2.41.